The second-order valence-corrected chi connectivity index (χ2v) is 5.09. The molecule has 2 aliphatic rings. The summed E-state index contributed by atoms with van der Waals surface area (Å²) in [6.45, 7) is 5.09. The molecular weight excluding hydrogens is 232 g/mol. The standard InChI is InChI=1S/C13H24N2O3/c1-3-13(16)15-6-4-10(8-15)14-11-5-7-18-9-12(11)17-2/h10-12,14H,3-9H2,1-2H3. The van der Waals surface area contributed by atoms with E-state index in [9.17, 15) is 4.79 Å². The number of ether oxygens (including phenoxy) is 2. The number of nitrogens with one attached hydrogen (secondary N) is 1. The quantitative estimate of drug-likeness (QED) is 0.790. The summed E-state index contributed by atoms with van der Waals surface area (Å²) in [5.74, 6) is 0.259. The van der Waals surface area contributed by atoms with Crippen LogP contribution in [-0.4, -0.2) is 62.4 Å². The van der Waals surface area contributed by atoms with E-state index in [0.717, 1.165) is 32.5 Å². The first-order valence-electron chi connectivity index (χ1n) is 6.89. The predicted octanol–water partition coefficient (Wildman–Crippen LogP) is 0.391. The van der Waals surface area contributed by atoms with Crippen LogP contribution in [0.1, 0.15) is 26.2 Å². The Balaban J connectivity index is 1.81. The van der Waals surface area contributed by atoms with E-state index in [4.69, 9.17) is 9.47 Å². The van der Waals surface area contributed by atoms with Crippen molar-refractivity contribution >= 4 is 5.91 Å². The Morgan fingerprint density at radius 1 is 1.50 bits per heavy atom. The smallest absolute Gasteiger partial charge is 0.222 e. The fourth-order valence-corrected chi connectivity index (χ4v) is 2.78. The number of nitrogens with zero attached hydrogens (tertiary/aromatic N) is 1. The fraction of sp³-hybridized carbons (Fsp3) is 0.923. The van der Waals surface area contributed by atoms with Gasteiger partial charge in [0.05, 0.1) is 12.7 Å². The number of hydrogen-bond acceptors (Lipinski definition) is 4. The van der Waals surface area contributed by atoms with Gasteiger partial charge in [0.2, 0.25) is 5.91 Å². The van der Waals surface area contributed by atoms with E-state index in [-0.39, 0.29) is 12.0 Å². The number of amides is 1. The predicted molar refractivity (Wildman–Crippen MR) is 68.4 cm³/mol. The molecule has 0 aromatic heterocycles. The zero-order chi connectivity index (χ0) is 13.0. The minimum Gasteiger partial charge on any atom is -0.379 e. The molecule has 0 saturated carbocycles. The van der Waals surface area contributed by atoms with Gasteiger partial charge in [-0.2, -0.15) is 0 Å². The first-order valence-corrected chi connectivity index (χ1v) is 6.89. The van der Waals surface area contributed by atoms with Crippen molar-refractivity contribution in [3.05, 3.63) is 0 Å². The van der Waals surface area contributed by atoms with Crippen LogP contribution in [0.4, 0.5) is 0 Å². The highest BCUT2D eigenvalue weighted by Gasteiger charge is 2.31. The van der Waals surface area contributed by atoms with Gasteiger partial charge in [0.15, 0.2) is 0 Å². The Bertz CT molecular complexity index is 285. The highest BCUT2D eigenvalue weighted by atomic mass is 16.5. The Morgan fingerprint density at radius 2 is 2.33 bits per heavy atom. The van der Waals surface area contributed by atoms with Crippen LogP contribution in [0.3, 0.4) is 0 Å². The van der Waals surface area contributed by atoms with Crippen molar-refractivity contribution in [3.8, 4) is 0 Å². The molecule has 0 aromatic carbocycles. The van der Waals surface area contributed by atoms with Gasteiger partial charge in [0.25, 0.3) is 0 Å². The topological polar surface area (TPSA) is 50.8 Å². The molecule has 104 valence electrons. The third-order valence-corrected chi connectivity index (χ3v) is 3.90. The van der Waals surface area contributed by atoms with Crippen LogP contribution in [0.25, 0.3) is 0 Å². The van der Waals surface area contributed by atoms with Crippen molar-refractivity contribution in [1.82, 2.24) is 10.2 Å². The Morgan fingerprint density at radius 3 is 3.06 bits per heavy atom. The van der Waals surface area contributed by atoms with Gasteiger partial charge in [0, 0.05) is 45.3 Å². The molecule has 18 heavy (non-hydrogen) atoms. The van der Waals surface area contributed by atoms with Crippen molar-refractivity contribution in [1.29, 1.82) is 0 Å². The molecule has 2 saturated heterocycles. The molecule has 2 aliphatic heterocycles. The van der Waals surface area contributed by atoms with Crippen LogP contribution in [0, 0.1) is 0 Å². The molecule has 3 unspecified atom stereocenters. The molecular formula is C13H24N2O3. The molecule has 0 aliphatic carbocycles. The summed E-state index contributed by atoms with van der Waals surface area (Å²) in [5, 5.41) is 3.63. The maximum atomic E-state index is 11.6. The molecule has 0 aromatic rings. The van der Waals surface area contributed by atoms with E-state index in [1.54, 1.807) is 7.11 Å². The summed E-state index contributed by atoms with van der Waals surface area (Å²) in [5.41, 5.74) is 0. The van der Waals surface area contributed by atoms with Gasteiger partial charge in [-0.1, -0.05) is 6.92 Å². The number of methoxy groups -OCH3 is 1. The second kappa shape index (κ2) is 6.50. The number of likely N-dealkylation sites (tertiary alicyclic amines) is 1. The van der Waals surface area contributed by atoms with Gasteiger partial charge in [0.1, 0.15) is 0 Å². The maximum absolute atomic E-state index is 11.6. The average molecular weight is 256 g/mol. The van der Waals surface area contributed by atoms with Crippen LogP contribution in [0.5, 0.6) is 0 Å². The lowest BCUT2D eigenvalue weighted by atomic mass is 10.0. The SMILES string of the molecule is CCC(=O)N1CCC(NC2CCOCC2OC)C1. The summed E-state index contributed by atoms with van der Waals surface area (Å²) in [4.78, 5) is 13.6. The molecule has 1 N–H and O–H groups in total. The number of hydrogen-bond donors (Lipinski definition) is 1. The monoisotopic (exact) mass is 256 g/mol. The molecule has 0 spiro atoms. The second-order valence-electron chi connectivity index (χ2n) is 5.09. The summed E-state index contributed by atoms with van der Waals surface area (Å²) in [7, 11) is 1.73. The first-order chi connectivity index (χ1) is 8.74. The Kier molecular flexibility index (Phi) is 4.97. The molecule has 1 amide bonds. The van der Waals surface area contributed by atoms with E-state index in [2.05, 4.69) is 5.32 Å². The first kappa shape index (κ1) is 13.8. The van der Waals surface area contributed by atoms with Crippen molar-refractivity contribution < 1.29 is 14.3 Å². The van der Waals surface area contributed by atoms with Gasteiger partial charge in [-0.25, -0.2) is 0 Å². The van der Waals surface area contributed by atoms with Crippen LogP contribution < -0.4 is 5.32 Å². The molecule has 2 rings (SSSR count). The minimum atomic E-state index is 0.134. The summed E-state index contributed by atoms with van der Waals surface area (Å²) < 4.78 is 10.9. The van der Waals surface area contributed by atoms with E-state index in [0.29, 0.717) is 25.1 Å². The number of carbonyl (C=O) groups is 1. The van der Waals surface area contributed by atoms with Crippen LogP contribution in [0.2, 0.25) is 0 Å². The molecule has 2 heterocycles. The summed E-state index contributed by atoms with van der Waals surface area (Å²) in [6.07, 6.45) is 2.76. The molecule has 0 radical (unpaired) electrons. The van der Waals surface area contributed by atoms with Gasteiger partial charge in [-0.15, -0.1) is 0 Å². The fourth-order valence-electron chi connectivity index (χ4n) is 2.78. The Labute approximate surface area is 109 Å². The van der Waals surface area contributed by atoms with Gasteiger partial charge < -0.3 is 19.7 Å². The van der Waals surface area contributed by atoms with Crippen molar-refractivity contribution in [2.75, 3.05) is 33.4 Å². The van der Waals surface area contributed by atoms with Crippen LogP contribution >= 0.6 is 0 Å². The molecule has 5 heteroatoms. The zero-order valence-electron chi connectivity index (χ0n) is 11.4. The molecule has 3 atom stereocenters. The van der Waals surface area contributed by atoms with E-state index in [1.807, 2.05) is 11.8 Å². The summed E-state index contributed by atoms with van der Waals surface area (Å²) >= 11 is 0. The highest BCUT2D eigenvalue weighted by Crippen LogP contribution is 2.16. The van der Waals surface area contributed by atoms with E-state index < -0.39 is 0 Å². The van der Waals surface area contributed by atoms with Crippen molar-refractivity contribution in [2.45, 2.75) is 44.4 Å². The third kappa shape index (κ3) is 3.22. The van der Waals surface area contributed by atoms with E-state index in [1.165, 1.54) is 0 Å². The maximum Gasteiger partial charge on any atom is 0.222 e. The van der Waals surface area contributed by atoms with Crippen LogP contribution in [0.15, 0.2) is 0 Å². The van der Waals surface area contributed by atoms with Gasteiger partial charge in [-0.3, -0.25) is 4.79 Å². The van der Waals surface area contributed by atoms with Gasteiger partial charge >= 0.3 is 0 Å². The molecule has 5 nitrogen and oxygen atoms in total. The number of rotatable bonds is 4. The van der Waals surface area contributed by atoms with Crippen molar-refractivity contribution in [2.24, 2.45) is 0 Å². The van der Waals surface area contributed by atoms with Gasteiger partial charge in [-0.05, 0) is 12.8 Å². The largest absolute Gasteiger partial charge is 0.379 e. The molecule has 0 bridgehead atoms. The normalized spacial score (nSPS) is 32.8. The summed E-state index contributed by atoms with van der Waals surface area (Å²) in [6, 6.07) is 0.756. The van der Waals surface area contributed by atoms with E-state index >= 15 is 0 Å². The minimum absolute atomic E-state index is 0.134. The lowest BCUT2D eigenvalue weighted by molar-refractivity contribution is -0.129. The Hall–Kier alpha value is -0.650. The lowest BCUT2D eigenvalue weighted by Crippen LogP contribution is -2.51. The lowest BCUT2D eigenvalue weighted by Gasteiger charge is -2.33. The number of carbonyl (C=O) groups excluding carboxylic acids is 1. The third-order valence-electron chi connectivity index (χ3n) is 3.90. The highest BCUT2D eigenvalue weighted by molar-refractivity contribution is 5.76. The van der Waals surface area contributed by atoms with Crippen molar-refractivity contribution in [3.63, 3.8) is 0 Å². The average Bonchev–Trinajstić information content (AvgIpc) is 2.87. The zero-order valence-corrected chi connectivity index (χ0v) is 11.4. The van der Waals surface area contributed by atoms with Crippen LogP contribution in [-0.2, 0) is 14.3 Å². The molecule has 2 fully saturated rings.